The number of nitrogens with one attached hydrogen (secondary N) is 1. The summed E-state index contributed by atoms with van der Waals surface area (Å²) in [5.74, 6) is 6.82. The molecule has 0 aliphatic carbocycles. The first-order valence-electron chi connectivity index (χ1n) is 6.90. The van der Waals surface area contributed by atoms with E-state index in [0.29, 0.717) is 12.4 Å². The molecule has 0 saturated heterocycles. The molecule has 0 aliphatic rings. The molecule has 2 aromatic carbocycles. The summed E-state index contributed by atoms with van der Waals surface area (Å²) in [6.45, 7) is 0.616. The Balaban J connectivity index is 1.77. The normalized spacial score (nSPS) is 10.5. The molecule has 4 heteroatoms. The maximum absolute atomic E-state index is 5.89. The van der Waals surface area contributed by atoms with Crippen LogP contribution in [0.2, 0.25) is 0 Å². The Bertz CT molecular complexity index is 728. The molecule has 0 radical (unpaired) electrons. The van der Waals surface area contributed by atoms with Crippen molar-refractivity contribution in [2.45, 2.75) is 6.42 Å². The van der Waals surface area contributed by atoms with Crippen molar-refractivity contribution in [1.29, 1.82) is 0 Å². The van der Waals surface area contributed by atoms with E-state index in [4.69, 9.17) is 10.6 Å². The van der Waals surface area contributed by atoms with Gasteiger partial charge in [0.1, 0.15) is 17.1 Å². The van der Waals surface area contributed by atoms with Gasteiger partial charge in [-0.25, -0.2) is 10.8 Å². The first kappa shape index (κ1) is 13.4. The minimum absolute atomic E-state index is 0.616. The Labute approximate surface area is 123 Å². The van der Waals surface area contributed by atoms with Gasteiger partial charge in [-0.05, 0) is 23.8 Å². The maximum atomic E-state index is 5.89. The number of fused-ring (bicyclic) bond motifs is 1. The minimum Gasteiger partial charge on any atom is -0.491 e. The van der Waals surface area contributed by atoms with Crippen molar-refractivity contribution >= 4 is 16.7 Å². The lowest BCUT2D eigenvalue weighted by Gasteiger charge is -2.10. The van der Waals surface area contributed by atoms with Gasteiger partial charge in [0, 0.05) is 11.8 Å². The molecule has 3 rings (SSSR count). The number of para-hydroxylation sites is 1. The van der Waals surface area contributed by atoms with Crippen molar-refractivity contribution in [2.75, 3.05) is 12.0 Å². The van der Waals surface area contributed by atoms with Crippen molar-refractivity contribution in [3.63, 3.8) is 0 Å². The number of rotatable bonds is 5. The first-order valence-corrected chi connectivity index (χ1v) is 6.90. The van der Waals surface area contributed by atoms with E-state index in [-0.39, 0.29) is 0 Å². The highest BCUT2D eigenvalue weighted by atomic mass is 16.5. The maximum Gasteiger partial charge on any atom is 0.145 e. The van der Waals surface area contributed by atoms with E-state index in [1.54, 1.807) is 0 Å². The van der Waals surface area contributed by atoms with E-state index >= 15 is 0 Å². The Morgan fingerprint density at radius 1 is 0.952 bits per heavy atom. The molecule has 1 aromatic heterocycles. The van der Waals surface area contributed by atoms with Crippen LogP contribution in [0.3, 0.4) is 0 Å². The average Bonchev–Trinajstić information content (AvgIpc) is 2.55. The summed E-state index contributed by atoms with van der Waals surface area (Å²) in [5.41, 5.74) is 4.64. The molecule has 0 unspecified atom stereocenters. The van der Waals surface area contributed by atoms with Crippen LogP contribution in [0, 0.1) is 0 Å². The monoisotopic (exact) mass is 279 g/mol. The van der Waals surface area contributed by atoms with Crippen LogP contribution < -0.4 is 16.0 Å². The van der Waals surface area contributed by atoms with Crippen molar-refractivity contribution < 1.29 is 4.74 Å². The number of ether oxygens (including phenoxy) is 1. The Hall–Kier alpha value is -2.59. The molecule has 21 heavy (non-hydrogen) atoms. The second-order valence-electron chi connectivity index (χ2n) is 4.75. The van der Waals surface area contributed by atoms with Gasteiger partial charge in [0.2, 0.25) is 0 Å². The van der Waals surface area contributed by atoms with Gasteiger partial charge in [-0.3, -0.25) is 0 Å². The lowest BCUT2D eigenvalue weighted by Crippen LogP contribution is -2.08. The van der Waals surface area contributed by atoms with Gasteiger partial charge in [0.25, 0.3) is 0 Å². The molecule has 4 nitrogen and oxygen atoms in total. The van der Waals surface area contributed by atoms with Gasteiger partial charge in [0.15, 0.2) is 0 Å². The average molecular weight is 279 g/mol. The van der Waals surface area contributed by atoms with Crippen LogP contribution in [-0.2, 0) is 6.42 Å². The molecule has 0 bridgehead atoms. The molecule has 0 aliphatic heterocycles. The topological polar surface area (TPSA) is 60.2 Å². The van der Waals surface area contributed by atoms with E-state index in [0.717, 1.165) is 23.1 Å². The number of nitrogens with zero attached hydrogens (tertiary/aromatic N) is 1. The zero-order valence-corrected chi connectivity index (χ0v) is 11.6. The molecular weight excluding hydrogens is 262 g/mol. The summed E-state index contributed by atoms with van der Waals surface area (Å²) >= 11 is 0. The predicted molar refractivity (Wildman–Crippen MR) is 85.2 cm³/mol. The fourth-order valence-electron chi connectivity index (χ4n) is 2.24. The van der Waals surface area contributed by atoms with Gasteiger partial charge in [-0.1, -0.05) is 42.5 Å². The summed E-state index contributed by atoms with van der Waals surface area (Å²) in [6, 6.07) is 20.0. The first-order chi connectivity index (χ1) is 10.4. The fraction of sp³-hybridized carbons (Fsp3) is 0.118. The van der Waals surface area contributed by atoms with Crippen LogP contribution in [-0.4, -0.2) is 11.6 Å². The number of hydrogen-bond acceptors (Lipinski definition) is 4. The molecule has 1 heterocycles. The van der Waals surface area contributed by atoms with Crippen molar-refractivity contribution in [3.8, 4) is 5.75 Å². The molecule has 106 valence electrons. The van der Waals surface area contributed by atoms with E-state index in [1.807, 2.05) is 48.5 Å². The minimum atomic E-state index is 0.616. The van der Waals surface area contributed by atoms with Crippen molar-refractivity contribution in [3.05, 3.63) is 66.2 Å². The van der Waals surface area contributed by atoms with E-state index in [1.165, 1.54) is 5.56 Å². The third-order valence-corrected chi connectivity index (χ3v) is 3.32. The van der Waals surface area contributed by atoms with Crippen molar-refractivity contribution in [2.24, 2.45) is 5.84 Å². The van der Waals surface area contributed by atoms with Gasteiger partial charge < -0.3 is 10.2 Å². The second-order valence-corrected chi connectivity index (χ2v) is 4.75. The zero-order chi connectivity index (χ0) is 14.5. The van der Waals surface area contributed by atoms with E-state index in [2.05, 4.69) is 22.5 Å². The van der Waals surface area contributed by atoms with Gasteiger partial charge in [-0.2, -0.15) is 0 Å². The van der Waals surface area contributed by atoms with Crippen LogP contribution in [0.1, 0.15) is 5.56 Å². The summed E-state index contributed by atoms with van der Waals surface area (Å²) in [7, 11) is 0. The van der Waals surface area contributed by atoms with Crippen LogP contribution in [0.4, 0.5) is 5.82 Å². The third-order valence-electron chi connectivity index (χ3n) is 3.32. The molecule has 0 amide bonds. The van der Waals surface area contributed by atoms with Gasteiger partial charge >= 0.3 is 0 Å². The highest BCUT2D eigenvalue weighted by Gasteiger charge is 2.04. The number of hydrogen-bond donors (Lipinski definition) is 2. The second kappa shape index (κ2) is 6.24. The smallest absolute Gasteiger partial charge is 0.145 e. The highest BCUT2D eigenvalue weighted by Crippen LogP contribution is 2.25. The number of pyridine rings is 1. The number of benzene rings is 2. The standard InChI is InChI=1S/C17H17N3O/c18-20-16-10-9-14-7-4-8-15(17(14)19-16)21-12-11-13-5-2-1-3-6-13/h1-10H,11-12,18H2,(H,19,20). The summed E-state index contributed by atoms with van der Waals surface area (Å²) in [5, 5.41) is 1.03. The molecular formula is C17H17N3O. The lowest BCUT2D eigenvalue weighted by molar-refractivity contribution is 0.325. The number of nitrogens with two attached hydrogens (primary N) is 1. The fourth-order valence-corrected chi connectivity index (χ4v) is 2.24. The zero-order valence-electron chi connectivity index (χ0n) is 11.6. The Kier molecular flexibility index (Phi) is 3.98. The van der Waals surface area contributed by atoms with Gasteiger partial charge in [0.05, 0.1) is 6.61 Å². The summed E-state index contributed by atoms with van der Waals surface area (Å²) in [4.78, 5) is 4.46. The Morgan fingerprint density at radius 3 is 2.62 bits per heavy atom. The van der Waals surface area contributed by atoms with Crippen LogP contribution in [0.5, 0.6) is 5.75 Å². The quantitative estimate of drug-likeness (QED) is 0.556. The lowest BCUT2D eigenvalue weighted by atomic mass is 10.2. The molecule has 0 saturated carbocycles. The molecule has 3 aromatic rings. The molecule has 0 fully saturated rings. The Morgan fingerprint density at radius 2 is 1.81 bits per heavy atom. The third kappa shape index (κ3) is 3.12. The molecule has 3 N–H and O–H groups in total. The van der Waals surface area contributed by atoms with Crippen LogP contribution in [0.15, 0.2) is 60.7 Å². The molecule has 0 atom stereocenters. The SMILES string of the molecule is NNc1ccc2cccc(OCCc3ccccc3)c2n1. The number of aromatic nitrogens is 1. The van der Waals surface area contributed by atoms with Crippen LogP contribution >= 0.6 is 0 Å². The molecule has 0 spiro atoms. The number of hydrazine groups is 1. The van der Waals surface area contributed by atoms with E-state index in [9.17, 15) is 0 Å². The highest BCUT2D eigenvalue weighted by molar-refractivity contribution is 5.85. The van der Waals surface area contributed by atoms with Gasteiger partial charge in [-0.15, -0.1) is 0 Å². The predicted octanol–water partition coefficient (Wildman–Crippen LogP) is 3.14. The summed E-state index contributed by atoms with van der Waals surface area (Å²) < 4.78 is 5.89. The van der Waals surface area contributed by atoms with Crippen LogP contribution in [0.25, 0.3) is 10.9 Å². The van der Waals surface area contributed by atoms with Crippen molar-refractivity contribution in [1.82, 2.24) is 4.98 Å². The largest absolute Gasteiger partial charge is 0.491 e. The summed E-state index contributed by atoms with van der Waals surface area (Å²) in [6.07, 6.45) is 0.867. The van der Waals surface area contributed by atoms with E-state index < -0.39 is 0 Å². The number of nitrogen functional groups attached to an aromatic ring is 1. The number of anilines is 1.